The molecule has 0 spiro atoms. The molecule has 2 rings (SSSR count). The molecule has 1 amide bonds. The first kappa shape index (κ1) is 20.0. The second-order valence-corrected chi connectivity index (χ2v) is 5.47. The Morgan fingerprint density at radius 1 is 1.33 bits per heavy atom. The van der Waals surface area contributed by atoms with E-state index >= 15 is 0 Å². The van der Waals surface area contributed by atoms with Gasteiger partial charge in [0, 0.05) is 6.54 Å². The lowest BCUT2D eigenvalue weighted by molar-refractivity contribution is 0.0915. The Kier molecular flexibility index (Phi) is 7.78. The van der Waals surface area contributed by atoms with Gasteiger partial charge < -0.3 is 25.3 Å². The van der Waals surface area contributed by atoms with Crippen molar-refractivity contribution in [1.29, 1.82) is 0 Å². The maximum atomic E-state index is 11.9. The molecule has 0 aliphatic rings. The number of hydrogen-bond acceptors (Lipinski definition) is 5. The van der Waals surface area contributed by atoms with E-state index in [0.29, 0.717) is 16.9 Å². The van der Waals surface area contributed by atoms with Crippen molar-refractivity contribution in [3.8, 4) is 5.75 Å². The fraction of sp³-hybridized carbons (Fsp3) is 0.353. The van der Waals surface area contributed by atoms with Gasteiger partial charge >= 0.3 is 0 Å². The number of amides is 1. The van der Waals surface area contributed by atoms with E-state index in [1.54, 1.807) is 30.3 Å². The first-order valence-corrected chi connectivity index (χ1v) is 7.50. The number of carbonyl (C=O) groups is 1. The van der Waals surface area contributed by atoms with E-state index in [2.05, 4.69) is 5.32 Å². The van der Waals surface area contributed by atoms with E-state index in [4.69, 9.17) is 14.9 Å². The normalized spacial score (nSPS) is 11.7. The average Bonchev–Trinajstić information content (AvgIpc) is 3.01. The fourth-order valence-electron chi connectivity index (χ4n) is 2.06. The standard InChI is InChI=1S/C17H22N2O4.ClH/c1-11(2)23-14-5-3-12(4-6-14)16(20)9-19-17(21)13-7-15(8-18)22-10-13;/h3-7,10-11,16,20H,8-9,18H2,1-2H3,(H,19,21);1H. The Bertz CT molecular complexity index is 640. The average molecular weight is 355 g/mol. The highest BCUT2D eigenvalue weighted by Gasteiger charge is 2.13. The van der Waals surface area contributed by atoms with Gasteiger partial charge in [0.05, 0.1) is 24.3 Å². The van der Waals surface area contributed by atoms with Crippen molar-refractivity contribution in [2.75, 3.05) is 6.54 Å². The molecule has 0 aliphatic heterocycles. The molecular weight excluding hydrogens is 332 g/mol. The number of aliphatic hydroxyl groups excluding tert-OH is 1. The predicted octanol–water partition coefficient (Wildman–Crippen LogP) is 2.41. The van der Waals surface area contributed by atoms with E-state index in [9.17, 15) is 9.90 Å². The van der Waals surface area contributed by atoms with E-state index in [-0.39, 0.29) is 37.5 Å². The summed E-state index contributed by atoms with van der Waals surface area (Å²) < 4.78 is 10.7. The van der Waals surface area contributed by atoms with Crippen LogP contribution in [0.4, 0.5) is 0 Å². The van der Waals surface area contributed by atoms with Crippen LogP contribution < -0.4 is 15.8 Å². The van der Waals surface area contributed by atoms with Crippen molar-refractivity contribution in [3.63, 3.8) is 0 Å². The third-order valence-electron chi connectivity index (χ3n) is 3.21. The molecule has 1 atom stereocenters. The summed E-state index contributed by atoms with van der Waals surface area (Å²) in [4.78, 5) is 11.9. The summed E-state index contributed by atoms with van der Waals surface area (Å²) in [5, 5.41) is 12.8. The molecule has 0 saturated heterocycles. The number of benzene rings is 1. The lowest BCUT2D eigenvalue weighted by Gasteiger charge is -2.14. The lowest BCUT2D eigenvalue weighted by Crippen LogP contribution is -2.28. The third-order valence-corrected chi connectivity index (χ3v) is 3.21. The molecule has 6 nitrogen and oxygen atoms in total. The largest absolute Gasteiger partial charge is 0.491 e. The minimum Gasteiger partial charge on any atom is -0.491 e. The van der Waals surface area contributed by atoms with E-state index in [1.165, 1.54) is 6.26 Å². The number of halogens is 1. The molecule has 4 N–H and O–H groups in total. The summed E-state index contributed by atoms with van der Waals surface area (Å²) in [6.45, 7) is 4.24. The summed E-state index contributed by atoms with van der Waals surface area (Å²) in [6.07, 6.45) is 0.647. The van der Waals surface area contributed by atoms with Crippen LogP contribution in [0.25, 0.3) is 0 Å². The number of rotatable bonds is 7. The zero-order valence-electron chi connectivity index (χ0n) is 13.7. The SMILES string of the molecule is CC(C)Oc1ccc(C(O)CNC(=O)c2coc(CN)c2)cc1.Cl. The molecule has 1 unspecified atom stereocenters. The second-order valence-electron chi connectivity index (χ2n) is 5.47. The lowest BCUT2D eigenvalue weighted by atomic mass is 10.1. The van der Waals surface area contributed by atoms with Gasteiger partial charge in [-0.3, -0.25) is 4.79 Å². The van der Waals surface area contributed by atoms with Crippen molar-refractivity contribution in [1.82, 2.24) is 5.32 Å². The Labute approximate surface area is 147 Å². The second kappa shape index (κ2) is 9.32. The molecule has 1 aromatic carbocycles. The number of nitrogens with one attached hydrogen (secondary N) is 1. The molecule has 0 saturated carbocycles. The minimum absolute atomic E-state index is 0. The monoisotopic (exact) mass is 354 g/mol. The number of furan rings is 1. The van der Waals surface area contributed by atoms with Crippen LogP contribution in [0.3, 0.4) is 0 Å². The smallest absolute Gasteiger partial charge is 0.254 e. The first-order valence-electron chi connectivity index (χ1n) is 7.50. The van der Waals surface area contributed by atoms with Gasteiger partial charge in [0.2, 0.25) is 0 Å². The van der Waals surface area contributed by atoms with Gasteiger partial charge in [-0.2, -0.15) is 0 Å². The molecule has 24 heavy (non-hydrogen) atoms. The fourth-order valence-corrected chi connectivity index (χ4v) is 2.06. The highest BCUT2D eigenvalue weighted by Crippen LogP contribution is 2.18. The number of carbonyl (C=O) groups excluding carboxylic acids is 1. The molecule has 1 heterocycles. The molecule has 0 aliphatic carbocycles. The van der Waals surface area contributed by atoms with Crippen LogP contribution in [0, 0.1) is 0 Å². The maximum Gasteiger partial charge on any atom is 0.254 e. The molecule has 2 aromatic rings. The van der Waals surface area contributed by atoms with Gasteiger partial charge in [0.1, 0.15) is 17.8 Å². The van der Waals surface area contributed by atoms with E-state index < -0.39 is 6.10 Å². The van der Waals surface area contributed by atoms with Crippen molar-refractivity contribution in [3.05, 3.63) is 53.5 Å². The number of nitrogens with two attached hydrogens (primary N) is 1. The summed E-state index contributed by atoms with van der Waals surface area (Å²) in [6, 6.07) is 8.73. The van der Waals surface area contributed by atoms with Gasteiger partial charge in [-0.1, -0.05) is 12.1 Å². The van der Waals surface area contributed by atoms with Crippen LogP contribution in [0.5, 0.6) is 5.75 Å². The summed E-state index contributed by atoms with van der Waals surface area (Å²) in [7, 11) is 0. The number of ether oxygens (including phenoxy) is 1. The maximum absolute atomic E-state index is 11.9. The van der Waals surface area contributed by atoms with Crippen molar-refractivity contribution in [2.24, 2.45) is 5.73 Å². The first-order chi connectivity index (χ1) is 11.0. The Hall–Kier alpha value is -2.02. The Morgan fingerprint density at radius 3 is 2.54 bits per heavy atom. The summed E-state index contributed by atoms with van der Waals surface area (Å²) in [5.74, 6) is 0.969. The molecular formula is C17H23ClN2O4. The molecule has 132 valence electrons. The Balaban J connectivity index is 0.00000288. The van der Waals surface area contributed by atoms with Crippen LogP contribution in [0.2, 0.25) is 0 Å². The zero-order valence-corrected chi connectivity index (χ0v) is 14.5. The topological polar surface area (TPSA) is 97.7 Å². The van der Waals surface area contributed by atoms with E-state index in [1.807, 2.05) is 13.8 Å². The molecule has 0 bridgehead atoms. The van der Waals surface area contributed by atoms with Crippen LogP contribution >= 0.6 is 12.4 Å². The number of hydrogen-bond donors (Lipinski definition) is 3. The molecule has 1 aromatic heterocycles. The zero-order chi connectivity index (χ0) is 16.8. The van der Waals surface area contributed by atoms with Crippen LogP contribution in [0.15, 0.2) is 41.0 Å². The predicted molar refractivity (Wildman–Crippen MR) is 93.3 cm³/mol. The number of aliphatic hydroxyl groups is 1. The van der Waals surface area contributed by atoms with Crippen LogP contribution in [-0.4, -0.2) is 23.7 Å². The van der Waals surface area contributed by atoms with Gasteiger partial charge in [-0.15, -0.1) is 12.4 Å². The van der Waals surface area contributed by atoms with Crippen molar-refractivity contribution in [2.45, 2.75) is 32.6 Å². The molecule has 0 fully saturated rings. The highest BCUT2D eigenvalue weighted by molar-refractivity contribution is 5.93. The van der Waals surface area contributed by atoms with Gasteiger partial charge in [-0.25, -0.2) is 0 Å². The van der Waals surface area contributed by atoms with Gasteiger partial charge in [-0.05, 0) is 37.6 Å². The quantitative estimate of drug-likeness (QED) is 0.709. The Morgan fingerprint density at radius 2 is 2.00 bits per heavy atom. The van der Waals surface area contributed by atoms with E-state index in [0.717, 1.165) is 5.75 Å². The van der Waals surface area contributed by atoms with Crippen molar-refractivity contribution >= 4 is 18.3 Å². The third kappa shape index (κ3) is 5.56. The van der Waals surface area contributed by atoms with Gasteiger partial charge in [0.15, 0.2) is 0 Å². The summed E-state index contributed by atoms with van der Waals surface area (Å²) >= 11 is 0. The van der Waals surface area contributed by atoms with Gasteiger partial charge in [0.25, 0.3) is 5.91 Å². The summed E-state index contributed by atoms with van der Waals surface area (Å²) in [5.41, 5.74) is 6.52. The minimum atomic E-state index is -0.798. The molecule has 0 radical (unpaired) electrons. The van der Waals surface area contributed by atoms with Crippen molar-refractivity contribution < 1.29 is 19.1 Å². The van der Waals surface area contributed by atoms with Crippen LogP contribution in [-0.2, 0) is 6.54 Å². The highest BCUT2D eigenvalue weighted by atomic mass is 35.5. The molecule has 7 heteroatoms. The van der Waals surface area contributed by atoms with Crippen LogP contribution in [0.1, 0.15) is 41.6 Å².